The second-order valence-electron chi connectivity index (χ2n) is 5.85. The number of methoxy groups -OCH3 is 1. The topological polar surface area (TPSA) is 46.6 Å². The number of hydrogen-bond acceptors (Lipinski definition) is 3. The molecule has 2 bridgehead atoms. The Balaban J connectivity index is 1.99. The normalized spacial score (nSPS) is 31.4. The lowest BCUT2D eigenvalue weighted by atomic mass is 9.82. The first kappa shape index (κ1) is 13.2. The van der Waals surface area contributed by atoms with Gasteiger partial charge in [0.1, 0.15) is 5.54 Å². The van der Waals surface area contributed by atoms with Crippen LogP contribution in [-0.4, -0.2) is 35.5 Å². The molecule has 1 aromatic carbocycles. The van der Waals surface area contributed by atoms with Gasteiger partial charge in [0.25, 0.3) is 5.91 Å². The van der Waals surface area contributed by atoms with Crippen molar-refractivity contribution in [3.63, 3.8) is 0 Å². The third-order valence-corrected chi connectivity index (χ3v) is 4.77. The zero-order valence-electron chi connectivity index (χ0n) is 11.8. The second-order valence-corrected chi connectivity index (χ2v) is 5.85. The van der Waals surface area contributed by atoms with E-state index in [-0.39, 0.29) is 17.9 Å². The van der Waals surface area contributed by atoms with E-state index in [4.69, 9.17) is 4.74 Å². The quantitative estimate of drug-likeness (QED) is 0.776. The average molecular weight is 273 g/mol. The lowest BCUT2D eigenvalue weighted by molar-refractivity contribution is -0.151. The third kappa shape index (κ3) is 1.67. The molecule has 106 valence electrons. The van der Waals surface area contributed by atoms with E-state index in [2.05, 4.69) is 6.92 Å². The largest absolute Gasteiger partial charge is 0.467 e. The summed E-state index contributed by atoms with van der Waals surface area (Å²) in [6.07, 6.45) is 2.31. The fraction of sp³-hybridized carbons (Fsp3) is 0.500. The number of benzene rings is 1. The molecule has 3 atom stereocenters. The van der Waals surface area contributed by atoms with Gasteiger partial charge in [-0.1, -0.05) is 25.1 Å². The Hall–Kier alpha value is -1.84. The monoisotopic (exact) mass is 273 g/mol. The van der Waals surface area contributed by atoms with E-state index in [1.54, 1.807) is 17.0 Å². The summed E-state index contributed by atoms with van der Waals surface area (Å²) in [5.41, 5.74) is -0.104. The maximum atomic E-state index is 12.8. The molecule has 4 heteroatoms. The first-order valence-electron chi connectivity index (χ1n) is 7.07. The summed E-state index contributed by atoms with van der Waals surface area (Å²) in [7, 11) is 1.40. The molecule has 2 fully saturated rings. The van der Waals surface area contributed by atoms with Crippen molar-refractivity contribution in [3.05, 3.63) is 35.9 Å². The third-order valence-electron chi connectivity index (χ3n) is 4.77. The van der Waals surface area contributed by atoms with Crippen LogP contribution in [0.25, 0.3) is 0 Å². The average Bonchev–Trinajstić information content (AvgIpc) is 2.99. The standard InChI is InChI=1S/C16H19NO3/c1-11-10-16(15(19)20-2)9-8-13(11)17(16)14(18)12-6-4-3-5-7-12/h3-7,11,13H,8-10H2,1-2H3/t11-,13-,16+/m0/s1. The molecule has 2 heterocycles. The van der Waals surface area contributed by atoms with Gasteiger partial charge in [0.15, 0.2) is 0 Å². The van der Waals surface area contributed by atoms with Gasteiger partial charge in [-0.3, -0.25) is 4.79 Å². The molecule has 1 aromatic rings. The van der Waals surface area contributed by atoms with E-state index in [0.717, 1.165) is 6.42 Å². The molecule has 2 aliphatic heterocycles. The summed E-state index contributed by atoms with van der Waals surface area (Å²) in [4.78, 5) is 26.9. The number of nitrogens with zero attached hydrogens (tertiary/aromatic N) is 1. The van der Waals surface area contributed by atoms with Crippen LogP contribution < -0.4 is 0 Å². The van der Waals surface area contributed by atoms with Crippen LogP contribution in [-0.2, 0) is 9.53 Å². The molecule has 0 N–H and O–H groups in total. The molecule has 2 saturated heterocycles. The summed E-state index contributed by atoms with van der Waals surface area (Å²) in [5.74, 6) is 0.0204. The first-order valence-corrected chi connectivity index (χ1v) is 7.07. The Morgan fingerprint density at radius 3 is 2.60 bits per heavy atom. The summed E-state index contributed by atoms with van der Waals surface area (Å²) >= 11 is 0. The highest BCUT2D eigenvalue weighted by molar-refractivity contribution is 5.99. The lowest BCUT2D eigenvalue weighted by Crippen LogP contribution is -2.51. The van der Waals surface area contributed by atoms with E-state index in [1.807, 2.05) is 18.2 Å². The van der Waals surface area contributed by atoms with Crippen molar-refractivity contribution >= 4 is 11.9 Å². The van der Waals surface area contributed by atoms with Gasteiger partial charge in [-0.15, -0.1) is 0 Å². The molecule has 2 aliphatic rings. The van der Waals surface area contributed by atoms with Crippen molar-refractivity contribution in [1.29, 1.82) is 0 Å². The molecule has 20 heavy (non-hydrogen) atoms. The van der Waals surface area contributed by atoms with Crippen LogP contribution in [0.2, 0.25) is 0 Å². The van der Waals surface area contributed by atoms with Crippen molar-refractivity contribution < 1.29 is 14.3 Å². The molecule has 0 saturated carbocycles. The number of carbonyl (C=O) groups excluding carboxylic acids is 2. The van der Waals surface area contributed by atoms with Crippen molar-refractivity contribution in [2.45, 2.75) is 37.8 Å². The number of amides is 1. The van der Waals surface area contributed by atoms with Crippen LogP contribution >= 0.6 is 0 Å². The van der Waals surface area contributed by atoms with Gasteiger partial charge in [0.05, 0.1) is 7.11 Å². The minimum absolute atomic E-state index is 0.0529. The van der Waals surface area contributed by atoms with Gasteiger partial charge in [0, 0.05) is 11.6 Å². The maximum Gasteiger partial charge on any atom is 0.331 e. The van der Waals surface area contributed by atoms with Crippen molar-refractivity contribution in [2.24, 2.45) is 5.92 Å². The van der Waals surface area contributed by atoms with Crippen LogP contribution in [0.3, 0.4) is 0 Å². The number of carbonyl (C=O) groups is 2. The van der Waals surface area contributed by atoms with Gasteiger partial charge >= 0.3 is 5.97 Å². The Kier molecular flexibility index (Phi) is 3.04. The first-order chi connectivity index (χ1) is 9.60. The fourth-order valence-electron chi connectivity index (χ4n) is 3.90. The number of hydrogen-bond donors (Lipinski definition) is 0. The van der Waals surface area contributed by atoms with Crippen LogP contribution in [0.4, 0.5) is 0 Å². The summed E-state index contributed by atoms with van der Waals surface area (Å²) in [5, 5.41) is 0. The summed E-state index contributed by atoms with van der Waals surface area (Å²) in [6.45, 7) is 2.11. The van der Waals surface area contributed by atoms with Gasteiger partial charge in [-0.05, 0) is 37.3 Å². The molecule has 0 spiro atoms. The van der Waals surface area contributed by atoms with Crippen LogP contribution in [0, 0.1) is 5.92 Å². The van der Waals surface area contributed by atoms with Gasteiger partial charge in [0.2, 0.25) is 0 Å². The number of ether oxygens (including phenoxy) is 1. The zero-order valence-corrected chi connectivity index (χ0v) is 11.8. The predicted molar refractivity (Wildman–Crippen MR) is 74.2 cm³/mol. The Morgan fingerprint density at radius 2 is 2.00 bits per heavy atom. The fourth-order valence-corrected chi connectivity index (χ4v) is 3.90. The van der Waals surface area contributed by atoms with E-state index < -0.39 is 5.54 Å². The smallest absolute Gasteiger partial charge is 0.331 e. The van der Waals surface area contributed by atoms with Gasteiger partial charge < -0.3 is 9.64 Å². The van der Waals surface area contributed by atoms with Crippen molar-refractivity contribution in [2.75, 3.05) is 7.11 Å². The van der Waals surface area contributed by atoms with E-state index in [9.17, 15) is 9.59 Å². The summed E-state index contributed by atoms with van der Waals surface area (Å²) in [6, 6.07) is 9.33. The Bertz CT molecular complexity index is 542. The highest BCUT2D eigenvalue weighted by atomic mass is 16.5. The molecule has 1 amide bonds. The van der Waals surface area contributed by atoms with Crippen LogP contribution in [0.15, 0.2) is 30.3 Å². The molecule has 0 aliphatic carbocycles. The minimum Gasteiger partial charge on any atom is -0.467 e. The molecule has 0 aromatic heterocycles. The van der Waals surface area contributed by atoms with Crippen LogP contribution in [0.5, 0.6) is 0 Å². The molecular weight excluding hydrogens is 254 g/mol. The van der Waals surface area contributed by atoms with E-state index >= 15 is 0 Å². The van der Waals surface area contributed by atoms with Crippen LogP contribution in [0.1, 0.15) is 36.5 Å². The Labute approximate surface area is 118 Å². The van der Waals surface area contributed by atoms with Gasteiger partial charge in [-0.25, -0.2) is 4.79 Å². The van der Waals surface area contributed by atoms with Crippen molar-refractivity contribution in [3.8, 4) is 0 Å². The summed E-state index contributed by atoms with van der Waals surface area (Å²) < 4.78 is 4.99. The SMILES string of the molecule is COC(=O)[C@@]12CC[C@@H]([C@@H](C)C1)N2C(=O)c1ccccc1. The Morgan fingerprint density at radius 1 is 1.30 bits per heavy atom. The second kappa shape index (κ2) is 4.62. The number of fused-ring (bicyclic) bond motifs is 2. The molecule has 3 rings (SSSR count). The van der Waals surface area contributed by atoms with E-state index in [0.29, 0.717) is 24.3 Å². The number of esters is 1. The van der Waals surface area contributed by atoms with Gasteiger partial charge in [-0.2, -0.15) is 0 Å². The molecule has 4 nitrogen and oxygen atoms in total. The predicted octanol–water partition coefficient (Wildman–Crippen LogP) is 2.24. The highest BCUT2D eigenvalue weighted by Gasteiger charge is 2.62. The minimum atomic E-state index is -0.744. The molecule has 0 radical (unpaired) electrons. The van der Waals surface area contributed by atoms with Crippen molar-refractivity contribution in [1.82, 2.24) is 4.90 Å². The zero-order chi connectivity index (χ0) is 14.3. The molecule has 0 unspecified atom stereocenters. The van der Waals surface area contributed by atoms with E-state index in [1.165, 1.54) is 7.11 Å². The lowest BCUT2D eigenvalue weighted by Gasteiger charge is -2.32. The molecular formula is C16H19NO3. The highest BCUT2D eigenvalue weighted by Crippen LogP contribution is 2.50. The maximum absolute atomic E-state index is 12.8. The number of rotatable bonds is 2.